The van der Waals surface area contributed by atoms with Crippen LogP contribution in [0.15, 0.2) is 70.1 Å². The minimum atomic E-state index is 0. The summed E-state index contributed by atoms with van der Waals surface area (Å²) in [6.45, 7) is 1.29. The third-order valence-electron chi connectivity index (χ3n) is 5.24. The van der Waals surface area contributed by atoms with Crippen LogP contribution < -0.4 is 4.74 Å². The van der Waals surface area contributed by atoms with Crippen molar-refractivity contribution in [1.29, 1.82) is 0 Å². The third kappa shape index (κ3) is 12.4. The zero-order chi connectivity index (χ0) is 26.9. The van der Waals surface area contributed by atoms with Crippen LogP contribution in [0.5, 0.6) is 11.5 Å². The van der Waals surface area contributed by atoms with Crippen molar-refractivity contribution in [3.63, 3.8) is 0 Å². The van der Waals surface area contributed by atoms with E-state index < -0.39 is 0 Å². The van der Waals surface area contributed by atoms with Crippen molar-refractivity contribution in [2.24, 2.45) is 0 Å². The van der Waals surface area contributed by atoms with Gasteiger partial charge in [0, 0.05) is 63.0 Å². The number of halogens is 3. The molecule has 4 rings (SSSR count). The quantitative estimate of drug-likeness (QED) is 0.113. The average Bonchev–Trinajstić information content (AvgIpc) is 2.90. The van der Waals surface area contributed by atoms with Crippen LogP contribution >= 0.6 is 47.8 Å². The first kappa shape index (κ1) is 34.2. The van der Waals surface area contributed by atoms with Crippen LogP contribution in [0, 0.1) is 0 Å². The summed E-state index contributed by atoms with van der Waals surface area (Å²) in [5, 5.41) is 31.4. The minimum absolute atomic E-state index is 0. The normalized spacial score (nSPS) is 10.1. The standard InChI is InChI=1S/C14H16BrNO2.C9H6BrNO.C5H11BrO.CH4/c15-14-10-16-9-11-8-12(4-5-13(11)14)18-7-3-1-2-6-17;10-9-5-11-4-6-3-7(12)1-2-8(6)9;6-4-2-1-3-5-7;/h4-5,8-10,17H,1-3,6-7H2;1-5,12H;7H,1-5H2;1H4. The third-order valence-corrected chi connectivity index (χ3v) is 7.06. The maximum atomic E-state index is 9.18. The van der Waals surface area contributed by atoms with Crippen molar-refractivity contribution in [1.82, 2.24) is 9.97 Å². The molecule has 4 aromatic rings. The summed E-state index contributed by atoms with van der Waals surface area (Å²) in [4.78, 5) is 8.14. The number of phenols is 1. The van der Waals surface area contributed by atoms with Crippen LogP contribution in [-0.2, 0) is 0 Å². The van der Waals surface area contributed by atoms with Gasteiger partial charge in [0.25, 0.3) is 0 Å². The summed E-state index contributed by atoms with van der Waals surface area (Å²) in [7, 11) is 0. The molecule has 0 bridgehead atoms. The Balaban J connectivity index is 0.000000312. The Morgan fingerprint density at radius 3 is 1.82 bits per heavy atom. The number of alkyl halides is 1. The number of aromatic nitrogens is 2. The summed E-state index contributed by atoms with van der Waals surface area (Å²) in [5.74, 6) is 1.13. The van der Waals surface area contributed by atoms with E-state index in [1.54, 1.807) is 30.7 Å². The molecule has 2 aromatic heterocycles. The number of phenolic OH excluding ortho intramolecular Hbond substituents is 1. The lowest BCUT2D eigenvalue weighted by Crippen LogP contribution is -1.98. The minimum Gasteiger partial charge on any atom is -0.508 e. The van der Waals surface area contributed by atoms with Crippen LogP contribution in [0.25, 0.3) is 21.5 Å². The Labute approximate surface area is 250 Å². The van der Waals surface area contributed by atoms with Crippen molar-refractivity contribution in [3.8, 4) is 11.5 Å². The summed E-state index contributed by atoms with van der Waals surface area (Å²) >= 11 is 10.2. The van der Waals surface area contributed by atoms with E-state index in [-0.39, 0.29) is 19.8 Å². The molecule has 0 radical (unpaired) electrons. The highest BCUT2D eigenvalue weighted by atomic mass is 79.9. The molecule has 2 aromatic carbocycles. The topological polar surface area (TPSA) is 95.7 Å². The number of unbranched alkanes of at least 4 members (excludes halogenated alkanes) is 4. The van der Waals surface area contributed by atoms with Gasteiger partial charge in [-0.3, -0.25) is 9.97 Å². The van der Waals surface area contributed by atoms with Crippen molar-refractivity contribution in [3.05, 3.63) is 70.1 Å². The Morgan fingerprint density at radius 1 is 0.684 bits per heavy atom. The second kappa shape index (κ2) is 20.2. The number of rotatable bonds is 10. The Hall–Kier alpha value is -1.78. The van der Waals surface area contributed by atoms with E-state index >= 15 is 0 Å². The number of aliphatic hydroxyl groups is 2. The zero-order valence-electron chi connectivity index (χ0n) is 20.6. The first-order chi connectivity index (χ1) is 18.0. The lowest BCUT2D eigenvalue weighted by molar-refractivity contribution is 0.266. The molecule has 2 heterocycles. The van der Waals surface area contributed by atoms with Crippen molar-refractivity contribution in [2.45, 2.75) is 46.0 Å². The van der Waals surface area contributed by atoms with E-state index in [1.165, 1.54) is 6.42 Å². The number of hydrogen-bond acceptors (Lipinski definition) is 6. The molecule has 0 saturated heterocycles. The van der Waals surface area contributed by atoms with Gasteiger partial charge in [0.2, 0.25) is 0 Å². The molecule has 38 heavy (non-hydrogen) atoms. The Morgan fingerprint density at radius 2 is 1.24 bits per heavy atom. The summed E-state index contributed by atoms with van der Waals surface area (Å²) in [5.41, 5.74) is 0. The monoisotopic (exact) mass is 714 g/mol. The molecule has 0 saturated carbocycles. The van der Waals surface area contributed by atoms with E-state index in [2.05, 4.69) is 57.8 Å². The number of aliphatic hydroxyl groups excluding tert-OH is 2. The van der Waals surface area contributed by atoms with Crippen molar-refractivity contribution < 1.29 is 20.1 Å². The molecule has 0 aliphatic carbocycles. The summed E-state index contributed by atoms with van der Waals surface area (Å²) < 4.78 is 7.62. The molecule has 6 nitrogen and oxygen atoms in total. The van der Waals surface area contributed by atoms with Gasteiger partial charge in [-0.25, -0.2) is 0 Å². The predicted molar refractivity (Wildman–Crippen MR) is 168 cm³/mol. The zero-order valence-corrected chi connectivity index (χ0v) is 25.4. The second-order valence-electron chi connectivity index (χ2n) is 8.14. The first-order valence-corrected chi connectivity index (χ1v) is 14.9. The van der Waals surface area contributed by atoms with Gasteiger partial charge in [-0.2, -0.15) is 0 Å². The second-order valence-corrected chi connectivity index (χ2v) is 10.6. The molecule has 0 spiro atoms. The molecule has 3 N–H and O–H groups in total. The highest BCUT2D eigenvalue weighted by Gasteiger charge is 2.01. The van der Waals surface area contributed by atoms with E-state index in [0.717, 1.165) is 73.7 Å². The number of hydrogen-bond donors (Lipinski definition) is 3. The highest BCUT2D eigenvalue weighted by Crippen LogP contribution is 2.26. The Kier molecular flexibility index (Phi) is 18.2. The number of nitrogens with zero attached hydrogens (tertiary/aromatic N) is 2. The molecule has 0 aliphatic rings. The van der Waals surface area contributed by atoms with Gasteiger partial charge in [0.1, 0.15) is 11.5 Å². The number of ether oxygens (including phenoxy) is 1. The molecular formula is C29H37Br3N2O4. The fourth-order valence-corrected chi connectivity index (χ4v) is 4.65. The van der Waals surface area contributed by atoms with Gasteiger partial charge < -0.3 is 20.1 Å². The van der Waals surface area contributed by atoms with Crippen LogP contribution in [0.1, 0.15) is 46.0 Å². The van der Waals surface area contributed by atoms with E-state index in [1.807, 2.05) is 30.5 Å². The van der Waals surface area contributed by atoms with Gasteiger partial charge in [-0.1, -0.05) is 29.8 Å². The molecular weight excluding hydrogens is 680 g/mol. The van der Waals surface area contributed by atoms with E-state index in [4.69, 9.17) is 14.9 Å². The van der Waals surface area contributed by atoms with Crippen LogP contribution in [-0.4, -0.2) is 50.4 Å². The molecule has 0 aliphatic heterocycles. The molecule has 0 unspecified atom stereocenters. The molecule has 0 fully saturated rings. The van der Waals surface area contributed by atoms with E-state index in [0.29, 0.717) is 13.2 Å². The average molecular weight is 717 g/mol. The fourth-order valence-electron chi connectivity index (χ4n) is 3.30. The van der Waals surface area contributed by atoms with Crippen molar-refractivity contribution >= 4 is 69.3 Å². The summed E-state index contributed by atoms with van der Waals surface area (Å²) in [6.07, 6.45) is 13.2. The van der Waals surface area contributed by atoms with Gasteiger partial charge >= 0.3 is 0 Å². The molecule has 0 amide bonds. The molecule has 0 atom stereocenters. The molecule has 208 valence electrons. The van der Waals surface area contributed by atoms with Gasteiger partial charge in [-0.05, 0) is 111 Å². The van der Waals surface area contributed by atoms with Crippen molar-refractivity contribution in [2.75, 3.05) is 25.2 Å². The lowest BCUT2D eigenvalue weighted by atomic mass is 10.2. The van der Waals surface area contributed by atoms with Crippen LogP contribution in [0.3, 0.4) is 0 Å². The smallest absolute Gasteiger partial charge is 0.119 e. The van der Waals surface area contributed by atoms with Gasteiger partial charge in [0.05, 0.1) is 6.61 Å². The SMILES string of the molecule is C.OCCCCCBr.OCCCCCOc1ccc2c(Br)cncc2c1.Oc1ccc2c(Br)cncc2c1. The van der Waals surface area contributed by atoms with Crippen LogP contribution in [0.4, 0.5) is 0 Å². The molecule has 9 heteroatoms. The van der Waals surface area contributed by atoms with Gasteiger partial charge in [-0.15, -0.1) is 0 Å². The Bertz CT molecular complexity index is 1210. The highest BCUT2D eigenvalue weighted by molar-refractivity contribution is 9.11. The largest absolute Gasteiger partial charge is 0.508 e. The lowest BCUT2D eigenvalue weighted by Gasteiger charge is -2.07. The number of benzene rings is 2. The maximum Gasteiger partial charge on any atom is 0.119 e. The van der Waals surface area contributed by atoms with Gasteiger partial charge in [0.15, 0.2) is 0 Å². The maximum absolute atomic E-state index is 9.18. The summed E-state index contributed by atoms with van der Waals surface area (Å²) in [6, 6.07) is 11.2. The fraction of sp³-hybridized carbons (Fsp3) is 0.379. The number of fused-ring (bicyclic) bond motifs is 2. The predicted octanol–water partition coefficient (Wildman–Crippen LogP) is 8.42. The number of aromatic hydroxyl groups is 1. The van der Waals surface area contributed by atoms with E-state index in [9.17, 15) is 5.11 Å². The first-order valence-electron chi connectivity index (χ1n) is 12.2. The van der Waals surface area contributed by atoms with Crippen LogP contribution in [0.2, 0.25) is 0 Å². The number of pyridine rings is 2.